The lowest BCUT2D eigenvalue weighted by Crippen LogP contribution is -2.00. The van der Waals surface area contributed by atoms with E-state index in [9.17, 15) is 4.79 Å². The summed E-state index contributed by atoms with van der Waals surface area (Å²) in [7, 11) is 0. The largest absolute Gasteiger partial charge is 0.300 e. The summed E-state index contributed by atoms with van der Waals surface area (Å²) in [6, 6.07) is 0.504. The van der Waals surface area contributed by atoms with E-state index in [1.807, 2.05) is 4.68 Å². The van der Waals surface area contributed by atoms with Crippen LogP contribution >= 0.6 is 11.8 Å². The minimum absolute atomic E-state index is 0.211. The molecule has 0 N–H and O–H groups in total. The molecule has 1 heterocycles. The van der Waals surface area contributed by atoms with Gasteiger partial charge in [0.25, 0.3) is 0 Å². The summed E-state index contributed by atoms with van der Waals surface area (Å²) < 4.78 is 1.87. The molecule has 0 amide bonds. The molecule has 1 aromatic rings. The molecule has 1 fully saturated rings. The number of carbonyl (C=O) groups is 1. The maximum atomic E-state index is 10.7. The van der Waals surface area contributed by atoms with Crippen molar-refractivity contribution in [2.24, 2.45) is 0 Å². The van der Waals surface area contributed by atoms with Crippen LogP contribution in [0.5, 0.6) is 0 Å². The van der Waals surface area contributed by atoms with E-state index in [2.05, 4.69) is 15.5 Å². The Hall–Kier alpha value is -0.910. The van der Waals surface area contributed by atoms with E-state index in [1.165, 1.54) is 12.8 Å². The molecule has 0 saturated heterocycles. The van der Waals surface area contributed by atoms with Gasteiger partial charge in [-0.1, -0.05) is 11.8 Å². The number of Topliss-reactive ketones (excluding diaryl/α,β-unsaturated/α-hetero) is 1. The van der Waals surface area contributed by atoms with Gasteiger partial charge < -0.3 is 0 Å². The van der Waals surface area contributed by atoms with Gasteiger partial charge in [0.15, 0.2) is 0 Å². The standard InChI is InChI=1S/C8H12N4OS/c1-6(13)4-5-14-8-9-10-11-12(8)7-2-3-7/h7H,2-5H2,1H3. The molecular formula is C8H12N4OS. The summed E-state index contributed by atoms with van der Waals surface area (Å²) in [6.07, 6.45) is 2.93. The number of rotatable bonds is 5. The zero-order valence-electron chi connectivity index (χ0n) is 8.01. The molecule has 1 aromatic heterocycles. The molecule has 1 aliphatic rings. The van der Waals surface area contributed by atoms with E-state index in [0.717, 1.165) is 10.9 Å². The Bertz CT molecular complexity index is 334. The van der Waals surface area contributed by atoms with Crippen molar-refractivity contribution in [1.29, 1.82) is 0 Å². The monoisotopic (exact) mass is 212 g/mol. The molecule has 0 atom stereocenters. The van der Waals surface area contributed by atoms with Gasteiger partial charge in [-0.25, -0.2) is 4.68 Å². The molecule has 2 rings (SSSR count). The van der Waals surface area contributed by atoms with Crippen LogP contribution in [0.3, 0.4) is 0 Å². The van der Waals surface area contributed by atoms with Crippen molar-refractivity contribution < 1.29 is 4.79 Å². The first-order valence-corrected chi connectivity index (χ1v) is 5.66. The minimum Gasteiger partial charge on any atom is -0.300 e. The van der Waals surface area contributed by atoms with Gasteiger partial charge in [-0.05, 0) is 30.2 Å². The summed E-state index contributed by atoms with van der Waals surface area (Å²) in [5.74, 6) is 0.977. The summed E-state index contributed by atoms with van der Waals surface area (Å²) in [5, 5.41) is 12.3. The van der Waals surface area contributed by atoms with Crippen molar-refractivity contribution in [2.45, 2.75) is 37.4 Å². The lowest BCUT2D eigenvalue weighted by Gasteiger charge is -2.00. The van der Waals surface area contributed by atoms with Crippen LogP contribution in [-0.2, 0) is 4.79 Å². The number of carbonyl (C=O) groups excluding carboxylic acids is 1. The third-order valence-electron chi connectivity index (χ3n) is 2.04. The van der Waals surface area contributed by atoms with Gasteiger partial charge in [-0.2, -0.15) is 0 Å². The molecule has 0 spiro atoms. The van der Waals surface area contributed by atoms with E-state index >= 15 is 0 Å². The minimum atomic E-state index is 0.211. The Morgan fingerprint density at radius 3 is 3.07 bits per heavy atom. The summed E-state index contributed by atoms with van der Waals surface area (Å²) in [4.78, 5) is 10.7. The molecule has 1 saturated carbocycles. The predicted octanol–water partition coefficient (Wildman–Crippen LogP) is 1.08. The number of nitrogens with zero attached hydrogens (tertiary/aromatic N) is 4. The molecule has 1 aliphatic carbocycles. The quantitative estimate of drug-likeness (QED) is 0.683. The van der Waals surface area contributed by atoms with Crippen LogP contribution < -0.4 is 0 Å². The maximum Gasteiger partial charge on any atom is 0.209 e. The Labute approximate surface area is 86.2 Å². The molecule has 0 aromatic carbocycles. The van der Waals surface area contributed by atoms with Gasteiger partial charge in [0.2, 0.25) is 5.16 Å². The molecule has 0 bridgehead atoms. The number of hydrogen-bond donors (Lipinski definition) is 0. The average molecular weight is 212 g/mol. The van der Waals surface area contributed by atoms with E-state index < -0.39 is 0 Å². The Morgan fingerprint density at radius 2 is 2.43 bits per heavy atom. The SMILES string of the molecule is CC(=O)CCSc1nnnn1C1CC1. The Kier molecular flexibility index (Phi) is 2.81. The zero-order chi connectivity index (χ0) is 9.97. The van der Waals surface area contributed by atoms with Crippen LogP contribution in [0.25, 0.3) is 0 Å². The van der Waals surface area contributed by atoms with Crippen LogP contribution in [0.4, 0.5) is 0 Å². The normalized spacial score (nSPS) is 15.8. The van der Waals surface area contributed by atoms with E-state index in [-0.39, 0.29) is 5.78 Å². The molecule has 5 nitrogen and oxygen atoms in total. The molecular weight excluding hydrogens is 200 g/mol. The second kappa shape index (κ2) is 4.08. The highest BCUT2D eigenvalue weighted by molar-refractivity contribution is 7.99. The first-order valence-electron chi connectivity index (χ1n) is 4.67. The topological polar surface area (TPSA) is 60.7 Å². The highest BCUT2D eigenvalue weighted by atomic mass is 32.2. The third kappa shape index (κ3) is 2.31. The van der Waals surface area contributed by atoms with E-state index in [4.69, 9.17) is 0 Å². The van der Waals surface area contributed by atoms with Crippen LogP contribution in [0, 0.1) is 0 Å². The van der Waals surface area contributed by atoms with Gasteiger partial charge >= 0.3 is 0 Å². The predicted molar refractivity (Wildman–Crippen MR) is 52.1 cm³/mol. The highest BCUT2D eigenvalue weighted by Crippen LogP contribution is 2.36. The van der Waals surface area contributed by atoms with Gasteiger partial charge in [0.1, 0.15) is 5.78 Å². The van der Waals surface area contributed by atoms with Crippen molar-refractivity contribution in [3.63, 3.8) is 0 Å². The van der Waals surface area contributed by atoms with Gasteiger partial charge in [-0.3, -0.25) is 4.79 Å². The Balaban J connectivity index is 1.88. The smallest absolute Gasteiger partial charge is 0.209 e. The molecule has 14 heavy (non-hydrogen) atoms. The van der Waals surface area contributed by atoms with Crippen molar-refractivity contribution in [3.8, 4) is 0 Å². The van der Waals surface area contributed by atoms with Crippen molar-refractivity contribution in [1.82, 2.24) is 20.2 Å². The molecule has 6 heteroatoms. The van der Waals surface area contributed by atoms with Crippen LogP contribution in [-0.4, -0.2) is 31.7 Å². The first-order chi connectivity index (χ1) is 6.77. The second-order valence-corrected chi connectivity index (χ2v) is 4.50. The van der Waals surface area contributed by atoms with Crippen LogP contribution in [0.2, 0.25) is 0 Å². The highest BCUT2D eigenvalue weighted by Gasteiger charge is 2.27. The summed E-state index contributed by atoms with van der Waals surface area (Å²) in [5.41, 5.74) is 0. The fraction of sp³-hybridized carbons (Fsp3) is 0.750. The van der Waals surface area contributed by atoms with Crippen molar-refractivity contribution in [3.05, 3.63) is 0 Å². The van der Waals surface area contributed by atoms with Crippen LogP contribution in [0.15, 0.2) is 5.16 Å². The van der Waals surface area contributed by atoms with Crippen LogP contribution in [0.1, 0.15) is 32.2 Å². The molecule has 0 aliphatic heterocycles. The van der Waals surface area contributed by atoms with E-state index in [1.54, 1.807) is 18.7 Å². The number of thioether (sulfide) groups is 1. The fourth-order valence-electron chi connectivity index (χ4n) is 1.11. The third-order valence-corrected chi connectivity index (χ3v) is 2.98. The molecule has 76 valence electrons. The second-order valence-electron chi connectivity index (χ2n) is 3.44. The number of aromatic nitrogens is 4. The molecule has 0 unspecified atom stereocenters. The van der Waals surface area contributed by atoms with E-state index in [0.29, 0.717) is 12.5 Å². The Morgan fingerprint density at radius 1 is 1.64 bits per heavy atom. The lowest BCUT2D eigenvalue weighted by molar-refractivity contribution is -0.116. The van der Waals surface area contributed by atoms with Crippen molar-refractivity contribution in [2.75, 3.05) is 5.75 Å². The van der Waals surface area contributed by atoms with Crippen molar-refractivity contribution >= 4 is 17.5 Å². The average Bonchev–Trinajstić information content (AvgIpc) is 2.87. The lowest BCUT2D eigenvalue weighted by atomic mass is 10.4. The number of ketones is 1. The van der Waals surface area contributed by atoms with Gasteiger partial charge in [0, 0.05) is 12.2 Å². The van der Waals surface area contributed by atoms with Gasteiger partial charge in [-0.15, -0.1) is 5.10 Å². The summed E-state index contributed by atoms with van der Waals surface area (Å²) in [6.45, 7) is 1.60. The fourth-order valence-corrected chi connectivity index (χ4v) is 2.10. The zero-order valence-corrected chi connectivity index (χ0v) is 8.83. The summed E-state index contributed by atoms with van der Waals surface area (Å²) >= 11 is 1.56. The number of tetrazole rings is 1. The first kappa shape index (κ1) is 9.64. The molecule has 0 radical (unpaired) electrons. The number of hydrogen-bond acceptors (Lipinski definition) is 5. The van der Waals surface area contributed by atoms with Gasteiger partial charge in [0.05, 0.1) is 6.04 Å². The maximum absolute atomic E-state index is 10.7.